The minimum absolute atomic E-state index is 0.0445. The van der Waals surface area contributed by atoms with Crippen molar-refractivity contribution in [3.63, 3.8) is 0 Å². The molecule has 10 heteroatoms. The van der Waals surface area contributed by atoms with Crippen LogP contribution in [0.3, 0.4) is 0 Å². The minimum Gasteiger partial charge on any atom is -0.380 e. The zero-order chi connectivity index (χ0) is 15.7. The highest BCUT2D eigenvalue weighted by Gasteiger charge is 2.34. The van der Waals surface area contributed by atoms with Crippen molar-refractivity contribution in [3.8, 4) is 0 Å². The van der Waals surface area contributed by atoms with E-state index in [0.717, 1.165) is 0 Å². The van der Waals surface area contributed by atoms with Gasteiger partial charge in [-0.15, -0.1) is 0 Å². The Morgan fingerprint density at radius 1 is 1.18 bits per heavy atom. The number of piperazine rings is 1. The Bertz CT molecular complexity index is 733. The predicted octanol–water partition coefficient (Wildman–Crippen LogP) is -0.134. The molecule has 1 saturated heterocycles. The fraction of sp³-hybridized carbons (Fsp3) is 0.417. The van der Waals surface area contributed by atoms with E-state index in [2.05, 4.69) is 15.1 Å². The Morgan fingerprint density at radius 2 is 1.82 bits per heavy atom. The molecule has 118 valence electrons. The van der Waals surface area contributed by atoms with Gasteiger partial charge in [0.15, 0.2) is 16.5 Å². The lowest BCUT2D eigenvalue weighted by Gasteiger charge is -2.33. The van der Waals surface area contributed by atoms with Crippen LogP contribution in [0.15, 0.2) is 27.9 Å². The number of nitrogen functional groups attached to an aromatic ring is 1. The molecule has 1 fully saturated rings. The van der Waals surface area contributed by atoms with Gasteiger partial charge in [-0.3, -0.25) is 0 Å². The summed E-state index contributed by atoms with van der Waals surface area (Å²) < 4.78 is 31.5. The van der Waals surface area contributed by atoms with Gasteiger partial charge >= 0.3 is 0 Å². The van der Waals surface area contributed by atoms with Crippen LogP contribution in [0.2, 0.25) is 0 Å². The van der Waals surface area contributed by atoms with E-state index in [-0.39, 0.29) is 16.5 Å². The van der Waals surface area contributed by atoms with Crippen LogP contribution in [0.25, 0.3) is 0 Å². The van der Waals surface area contributed by atoms with E-state index in [0.29, 0.717) is 32.1 Å². The third-order valence-corrected chi connectivity index (χ3v) is 5.56. The molecule has 0 aromatic carbocycles. The van der Waals surface area contributed by atoms with Gasteiger partial charge in [0.25, 0.3) is 0 Å². The van der Waals surface area contributed by atoms with Gasteiger partial charge in [-0.2, -0.15) is 4.31 Å². The molecule has 1 aliphatic rings. The van der Waals surface area contributed by atoms with Crippen molar-refractivity contribution in [3.05, 3.63) is 24.2 Å². The lowest BCUT2D eigenvalue weighted by atomic mass is 10.4. The molecule has 22 heavy (non-hydrogen) atoms. The van der Waals surface area contributed by atoms with Crippen LogP contribution < -0.4 is 10.6 Å². The number of nitrogens with two attached hydrogens (primary N) is 1. The fourth-order valence-corrected chi connectivity index (χ4v) is 4.01. The average Bonchev–Trinajstić information content (AvgIpc) is 2.88. The third-order valence-electron chi connectivity index (χ3n) is 3.50. The van der Waals surface area contributed by atoms with Gasteiger partial charge in [-0.1, -0.05) is 5.16 Å². The van der Waals surface area contributed by atoms with Gasteiger partial charge in [0, 0.05) is 38.6 Å². The number of hydrogen-bond acceptors (Lipinski definition) is 8. The van der Waals surface area contributed by atoms with E-state index >= 15 is 0 Å². The van der Waals surface area contributed by atoms with E-state index in [9.17, 15) is 8.42 Å². The van der Waals surface area contributed by atoms with Crippen molar-refractivity contribution in [2.75, 3.05) is 36.8 Å². The van der Waals surface area contributed by atoms with Crippen molar-refractivity contribution < 1.29 is 12.9 Å². The molecule has 0 aliphatic carbocycles. The molecule has 3 heterocycles. The molecular formula is C12H16N6O3S. The number of hydrogen-bond donors (Lipinski definition) is 1. The molecule has 0 radical (unpaired) electrons. The highest BCUT2D eigenvalue weighted by Crippen LogP contribution is 2.26. The Kier molecular flexibility index (Phi) is 3.71. The molecule has 0 amide bonds. The molecule has 1 aliphatic heterocycles. The first-order chi connectivity index (χ1) is 10.5. The largest absolute Gasteiger partial charge is 0.380 e. The zero-order valence-electron chi connectivity index (χ0n) is 12.0. The summed E-state index contributed by atoms with van der Waals surface area (Å²) in [5, 5.41) is 3.51. The van der Waals surface area contributed by atoms with E-state index in [1.807, 2.05) is 4.90 Å². The lowest BCUT2D eigenvalue weighted by molar-refractivity contribution is 0.377. The van der Waals surface area contributed by atoms with E-state index in [4.69, 9.17) is 10.3 Å². The van der Waals surface area contributed by atoms with Crippen molar-refractivity contribution in [2.45, 2.75) is 11.8 Å². The van der Waals surface area contributed by atoms with Gasteiger partial charge in [0.2, 0.25) is 16.0 Å². The molecule has 0 unspecified atom stereocenters. The van der Waals surface area contributed by atoms with Crippen LogP contribution in [0.4, 0.5) is 11.8 Å². The van der Waals surface area contributed by atoms with E-state index in [1.54, 1.807) is 18.5 Å². The first-order valence-corrected chi connectivity index (χ1v) is 8.18. The first-order valence-electron chi connectivity index (χ1n) is 6.74. The topological polar surface area (TPSA) is 118 Å². The maximum atomic E-state index is 12.6. The maximum absolute atomic E-state index is 12.6. The summed E-state index contributed by atoms with van der Waals surface area (Å²) in [6, 6.07) is 1.74. The maximum Gasteiger partial charge on any atom is 0.250 e. The second kappa shape index (κ2) is 5.54. The van der Waals surface area contributed by atoms with Crippen molar-refractivity contribution >= 4 is 21.8 Å². The number of anilines is 2. The van der Waals surface area contributed by atoms with Gasteiger partial charge < -0.3 is 15.2 Å². The van der Waals surface area contributed by atoms with E-state index in [1.165, 1.54) is 11.2 Å². The third kappa shape index (κ3) is 2.50. The van der Waals surface area contributed by atoms with Crippen LogP contribution in [-0.2, 0) is 10.0 Å². The lowest BCUT2D eigenvalue weighted by Crippen LogP contribution is -2.49. The predicted molar refractivity (Wildman–Crippen MR) is 78.7 cm³/mol. The molecule has 2 N–H and O–H groups in total. The molecule has 0 atom stereocenters. The van der Waals surface area contributed by atoms with Gasteiger partial charge in [0.05, 0.1) is 0 Å². The van der Waals surface area contributed by atoms with Crippen molar-refractivity contribution in [2.24, 2.45) is 0 Å². The SMILES string of the molecule is Cc1onc(N)c1S(=O)(=O)N1CCN(c2ncccn2)CC1. The summed E-state index contributed by atoms with van der Waals surface area (Å²) >= 11 is 0. The number of aryl methyl sites for hydroxylation is 1. The van der Waals surface area contributed by atoms with Crippen LogP contribution in [0.5, 0.6) is 0 Å². The Labute approximate surface area is 127 Å². The second-order valence-electron chi connectivity index (χ2n) is 4.89. The number of rotatable bonds is 3. The minimum atomic E-state index is -3.70. The average molecular weight is 324 g/mol. The summed E-state index contributed by atoms with van der Waals surface area (Å²) in [4.78, 5) is 10.2. The number of nitrogens with zero attached hydrogens (tertiary/aromatic N) is 5. The Morgan fingerprint density at radius 3 is 2.36 bits per heavy atom. The summed E-state index contributed by atoms with van der Waals surface area (Å²) in [6.07, 6.45) is 3.32. The molecule has 2 aromatic heterocycles. The normalized spacial score (nSPS) is 16.9. The standard InChI is InChI=1S/C12H16N6O3S/c1-9-10(11(13)16-21-9)22(19,20)18-7-5-17(6-8-18)12-14-3-2-4-15-12/h2-4H,5-8H2,1H3,(H2,13,16). The molecule has 0 bridgehead atoms. The molecule has 9 nitrogen and oxygen atoms in total. The van der Waals surface area contributed by atoms with Crippen molar-refractivity contribution in [1.29, 1.82) is 0 Å². The molecule has 0 saturated carbocycles. The van der Waals surface area contributed by atoms with Crippen LogP contribution in [-0.4, -0.2) is 54.0 Å². The number of aromatic nitrogens is 3. The summed E-state index contributed by atoms with van der Waals surface area (Å²) in [7, 11) is -3.70. The monoisotopic (exact) mass is 324 g/mol. The highest BCUT2D eigenvalue weighted by atomic mass is 32.2. The second-order valence-corrected chi connectivity index (χ2v) is 6.77. The van der Waals surface area contributed by atoms with Crippen LogP contribution >= 0.6 is 0 Å². The van der Waals surface area contributed by atoms with Gasteiger partial charge in [-0.25, -0.2) is 18.4 Å². The van der Waals surface area contributed by atoms with Crippen LogP contribution in [0.1, 0.15) is 5.76 Å². The molecule has 0 spiro atoms. The first kappa shape index (κ1) is 14.7. The summed E-state index contributed by atoms with van der Waals surface area (Å²) in [5.74, 6) is 0.692. The molecular weight excluding hydrogens is 308 g/mol. The molecule has 3 rings (SSSR count). The number of sulfonamides is 1. The smallest absolute Gasteiger partial charge is 0.250 e. The fourth-order valence-electron chi connectivity index (χ4n) is 2.41. The van der Waals surface area contributed by atoms with Gasteiger partial charge in [-0.05, 0) is 13.0 Å². The van der Waals surface area contributed by atoms with Gasteiger partial charge in [0.1, 0.15) is 0 Å². The Balaban J connectivity index is 1.76. The Hall–Kier alpha value is -2.20. The quantitative estimate of drug-likeness (QED) is 0.829. The summed E-state index contributed by atoms with van der Waals surface area (Å²) in [6.45, 7) is 3.19. The highest BCUT2D eigenvalue weighted by molar-refractivity contribution is 7.89. The van der Waals surface area contributed by atoms with Crippen molar-refractivity contribution in [1.82, 2.24) is 19.4 Å². The molecule has 2 aromatic rings. The summed E-state index contributed by atoms with van der Waals surface area (Å²) in [5.41, 5.74) is 5.61. The van der Waals surface area contributed by atoms with E-state index < -0.39 is 10.0 Å². The van der Waals surface area contributed by atoms with Crippen LogP contribution in [0, 0.1) is 6.92 Å². The zero-order valence-corrected chi connectivity index (χ0v) is 12.8.